The number of hydrogen-bond donors (Lipinski definition) is 0. The summed E-state index contributed by atoms with van der Waals surface area (Å²) in [6.45, 7) is 2.34. The quantitative estimate of drug-likeness (QED) is 0.771. The SMILES string of the molecule is O=C1C(=Nc2cccc(C(F)(F)F)c2)c2ccccc2N1CN1CCCCC1. The van der Waals surface area contributed by atoms with Crippen molar-refractivity contribution in [2.75, 3.05) is 24.7 Å². The molecule has 2 aliphatic heterocycles. The highest BCUT2D eigenvalue weighted by Crippen LogP contribution is 2.34. The van der Waals surface area contributed by atoms with Gasteiger partial charge in [0.15, 0.2) is 0 Å². The lowest BCUT2D eigenvalue weighted by Gasteiger charge is -2.30. The molecule has 2 aliphatic rings. The van der Waals surface area contributed by atoms with Crippen LogP contribution in [-0.2, 0) is 11.0 Å². The molecule has 4 rings (SSSR count). The van der Waals surface area contributed by atoms with Crippen molar-refractivity contribution >= 4 is 23.0 Å². The number of piperidine rings is 1. The van der Waals surface area contributed by atoms with Crippen molar-refractivity contribution < 1.29 is 18.0 Å². The average Bonchev–Trinajstić information content (AvgIpc) is 2.94. The summed E-state index contributed by atoms with van der Waals surface area (Å²) in [5.74, 6) is -0.274. The van der Waals surface area contributed by atoms with Crippen molar-refractivity contribution in [1.29, 1.82) is 0 Å². The summed E-state index contributed by atoms with van der Waals surface area (Å²) in [4.78, 5) is 21.3. The fourth-order valence-corrected chi connectivity index (χ4v) is 3.69. The molecule has 28 heavy (non-hydrogen) atoms. The molecule has 1 amide bonds. The fourth-order valence-electron chi connectivity index (χ4n) is 3.69. The van der Waals surface area contributed by atoms with Crippen LogP contribution in [0.5, 0.6) is 0 Å². The van der Waals surface area contributed by atoms with Gasteiger partial charge in [-0.3, -0.25) is 14.6 Å². The van der Waals surface area contributed by atoms with Crippen LogP contribution in [0.3, 0.4) is 0 Å². The molecule has 2 aromatic carbocycles. The molecular formula is C21H20F3N3O. The highest BCUT2D eigenvalue weighted by atomic mass is 19.4. The van der Waals surface area contributed by atoms with E-state index in [0.717, 1.165) is 43.8 Å². The average molecular weight is 387 g/mol. The molecule has 0 N–H and O–H groups in total. The number of halogens is 3. The number of aliphatic imine (C=N–C) groups is 1. The second kappa shape index (κ2) is 7.39. The van der Waals surface area contributed by atoms with Crippen molar-refractivity contribution in [1.82, 2.24) is 4.90 Å². The number of amides is 1. The predicted octanol–water partition coefficient (Wildman–Crippen LogP) is 4.62. The summed E-state index contributed by atoms with van der Waals surface area (Å²) in [6.07, 6.45) is -1.04. The minimum Gasteiger partial charge on any atom is -0.293 e. The number of fused-ring (bicyclic) bond motifs is 1. The van der Waals surface area contributed by atoms with E-state index < -0.39 is 11.7 Å². The van der Waals surface area contributed by atoms with Crippen LogP contribution >= 0.6 is 0 Å². The van der Waals surface area contributed by atoms with Gasteiger partial charge in [-0.15, -0.1) is 0 Å². The lowest BCUT2D eigenvalue weighted by Crippen LogP contribution is -2.43. The molecule has 1 fully saturated rings. The van der Waals surface area contributed by atoms with Crippen molar-refractivity contribution in [2.24, 2.45) is 4.99 Å². The van der Waals surface area contributed by atoms with E-state index in [1.54, 1.807) is 17.0 Å². The third kappa shape index (κ3) is 3.67. The number of benzene rings is 2. The predicted molar refractivity (Wildman–Crippen MR) is 102 cm³/mol. The van der Waals surface area contributed by atoms with Gasteiger partial charge >= 0.3 is 6.18 Å². The van der Waals surface area contributed by atoms with Gasteiger partial charge < -0.3 is 0 Å². The summed E-state index contributed by atoms with van der Waals surface area (Å²) in [5.41, 5.74) is 0.934. The van der Waals surface area contributed by atoms with Gasteiger partial charge in [-0.05, 0) is 50.2 Å². The number of carbonyl (C=O) groups excluding carboxylic acids is 1. The fraction of sp³-hybridized carbons (Fsp3) is 0.333. The van der Waals surface area contributed by atoms with Gasteiger partial charge in [0.25, 0.3) is 5.91 Å². The van der Waals surface area contributed by atoms with Gasteiger partial charge in [-0.25, -0.2) is 4.99 Å². The van der Waals surface area contributed by atoms with Crippen LogP contribution in [0.15, 0.2) is 53.5 Å². The van der Waals surface area contributed by atoms with E-state index >= 15 is 0 Å². The molecule has 0 atom stereocenters. The Balaban J connectivity index is 1.68. The topological polar surface area (TPSA) is 35.9 Å². The first kappa shape index (κ1) is 18.7. The van der Waals surface area contributed by atoms with Gasteiger partial charge in [-0.2, -0.15) is 13.2 Å². The number of hydrogen-bond acceptors (Lipinski definition) is 3. The maximum Gasteiger partial charge on any atom is 0.416 e. The third-order valence-electron chi connectivity index (χ3n) is 5.10. The van der Waals surface area contributed by atoms with Gasteiger partial charge in [0.2, 0.25) is 0 Å². The van der Waals surface area contributed by atoms with E-state index in [4.69, 9.17) is 0 Å². The lowest BCUT2D eigenvalue weighted by molar-refractivity contribution is -0.137. The summed E-state index contributed by atoms with van der Waals surface area (Å²) in [6, 6.07) is 12.0. The highest BCUT2D eigenvalue weighted by molar-refractivity contribution is 6.54. The minimum atomic E-state index is -4.45. The van der Waals surface area contributed by atoms with Crippen LogP contribution in [0.4, 0.5) is 24.5 Å². The summed E-state index contributed by atoms with van der Waals surface area (Å²) in [7, 11) is 0. The zero-order chi connectivity index (χ0) is 19.7. The number of anilines is 1. The lowest BCUT2D eigenvalue weighted by atomic mass is 10.1. The monoisotopic (exact) mass is 387 g/mol. The third-order valence-corrected chi connectivity index (χ3v) is 5.10. The van der Waals surface area contributed by atoms with Crippen molar-refractivity contribution in [3.05, 3.63) is 59.7 Å². The minimum absolute atomic E-state index is 0.118. The molecule has 2 heterocycles. The van der Waals surface area contributed by atoms with Crippen LogP contribution < -0.4 is 4.90 Å². The smallest absolute Gasteiger partial charge is 0.293 e. The van der Waals surface area contributed by atoms with Crippen LogP contribution in [0.1, 0.15) is 30.4 Å². The largest absolute Gasteiger partial charge is 0.416 e. The van der Waals surface area contributed by atoms with Gasteiger partial charge in [-0.1, -0.05) is 30.7 Å². The van der Waals surface area contributed by atoms with Crippen molar-refractivity contribution in [2.45, 2.75) is 25.4 Å². The van der Waals surface area contributed by atoms with Gasteiger partial charge in [0.1, 0.15) is 5.71 Å². The van der Waals surface area contributed by atoms with Crippen LogP contribution in [0.25, 0.3) is 0 Å². The molecule has 0 spiro atoms. The summed E-state index contributed by atoms with van der Waals surface area (Å²) in [5, 5.41) is 0. The van der Waals surface area contributed by atoms with E-state index in [1.807, 2.05) is 12.1 Å². The standard InChI is InChI=1S/C21H20F3N3O/c22-21(23,24)15-7-6-8-16(13-15)25-19-17-9-2-3-10-18(17)27(20(19)28)14-26-11-4-1-5-12-26/h2-3,6-10,13H,1,4-5,11-12,14H2. The summed E-state index contributed by atoms with van der Waals surface area (Å²) < 4.78 is 39.0. The number of para-hydroxylation sites is 1. The summed E-state index contributed by atoms with van der Waals surface area (Å²) >= 11 is 0. The normalized spacial score (nSPS) is 19.3. The van der Waals surface area contributed by atoms with E-state index in [2.05, 4.69) is 9.89 Å². The van der Waals surface area contributed by atoms with Crippen LogP contribution in [0, 0.1) is 0 Å². The number of nitrogens with zero attached hydrogens (tertiary/aromatic N) is 3. The molecule has 0 aromatic heterocycles. The molecule has 0 unspecified atom stereocenters. The Hall–Kier alpha value is -2.67. The van der Waals surface area contributed by atoms with E-state index in [-0.39, 0.29) is 17.3 Å². The molecule has 1 saturated heterocycles. The van der Waals surface area contributed by atoms with Crippen molar-refractivity contribution in [3.63, 3.8) is 0 Å². The molecule has 4 nitrogen and oxygen atoms in total. The van der Waals surface area contributed by atoms with Gasteiger partial charge in [0.05, 0.1) is 23.6 Å². The number of carbonyl (C=O) groups is 1. The van der Waals surface area contributed by atoms with E-state index in [0.29, 0.717) is 12.2 Å². The number of rotatable bonds is 3. The zero-order valence-electron chi connectivity index (χ0n) is 15.2. The second-order valence-electron chi connectivity index (χ2n) is 7.08. The Bertz CT molecular complexity index is 917. The maximum absolute atomic E-state index is 13.1. The molecule has 146 valence electrons. The Morgan fingerprint density at radius 3 is 2.46 bits per heavy atom. The highest BCUT2D eigenvalue weighted by Gasteiger charge is 2.35. The molecule has 0 radical (unpaired) electrons. The molecule has 7 heteroatoms. The van der Waals surface area contributed by atoms with E-state index in [9.17, 15) is 18.0 Å². The molecule has 0 saturated carbocycles. The van der Waals surface area contributed by atoms with Crippen LogP contribution in [0.2, 0.25) is 0 Å². The zero-order valence-corrected chi connectivity index (χ0v) is 15.2. The van der Waals surface area contributed by atoms with Crippen LogP contribution in [-0.4, -0.2) is 36.3 Å². The Morgan fingerprint density at radius 1 is 0.964 bits per heavy atom. The number of likely N-dealkylation sites (tertiary alicyclic amines) is 1. The van der Waals surface area contributed by atoms with E-state index in [1.165, 1.54) is 18.6 Å². The van der Waals surface area contributed by atoms with Crippen molar-refractivity contribution in [3.8, 4) is 0 Å². The van der Waals surface area contributed by atoms with Gasteiger partial charge in [0, 0.05) is 5.56 Å². The first-order valence-corrected chi connectivity index (χ1v) is 9.33. The Kier molecular flexibility index (Phi) is 4.93. The second-order valence-corrected chi connectivity index (χ2v) is 7.08. The molecule has 0 aliphatic carbocycles. The first-order valence-electron chi connectivity index (χ1n) is 9.33. The molecule has 2 aromatic rings. The first-order chi connectivity index (χ1) is 13.4. The molecular weight excluding hydrogens is 367 g/mol. The Labute approximate surface area is 161 Å². The number of alkyl halides is 3. The molecule has 0 bridgehead atoms. The Morgan fingerprint density at radius 2 is 1.71 bits per heavy atom. The maximum atomic E-state index is 13.1.